The molecule has 2 atom stereocenters. The Labute approximate surface area is 110 Å². The van der Waals surface area contributed by atoms with Gasteiger partial charge >= 0.3 is 0 Å². The lowest BCUT2D eigenvalue weighted by atomic mass is 9.75. The summed E-state index contributed by atoms with van der Waals surface area (Å²) in [7, 11) is 0. The maximum Gasteiger partial charge on any atom is 0.191 e. The number of hydroxylamine groups is 1. The fraction of sp³-hybridized carbons (Fsp3) is 0.929. The maximum absolute atomic E-state index is 12.1. The third kappa shape index (κ3) is 3.11. The van der Waals surface area contributed by atoms with E-state index in [1.54, 1.807) is 0 Å². The van der Waals surface area contributed by atoms with Crippen molar-refractivity contribution < 1.29 is 14.7 Å². The van der Waals surface area contributed by atoms with Gasteiger partial charge in [-0.2, -0.15) is 5.48 Å². The largest absolute Gasteiger partial charge is 0.364 e. The molecule has 0 aliphatic carbocycles. The minimum absolute atomic E-state index is 0.166. The molecule has 0 radical (unpaired) electrons. The van der Waals surface area contributed by atoms with E-state index < -0.39 is 16.7 Å². The molecule has 2 N–H and O–H groups in total. The van der Waals surface area contributed by atoms with Crippen molar-refractivity contribution in [2.45, 2.75) is 72.6 Å². The molecule has 0 aromatic carbocycles. The highest BCUT2D eigenvalue weighted by atomic mass is 16.8. The van der Waals surface area contributed by atoms with Gasteiger partial charge in [0.15, 0.2) is 5.79 Å². The van der Waals surface area contributed by atoms with Crippen LogP contribution in [-0.2, 0) is 9.63 Å². The molecule has 18 heavy (non-hydrogen) atoms. The molecule has 4 nitrogen and oxygen atoms in total. The lowest BCUT2D eigenvalue weighted by Crippen LogP contribution is -2.44. The van der Waals surface area contributed by atoms with Gasteiger partial charge in [0.25, 0.3) is 0 Å². The van der Waals surface area contributed by atoms with Gasteiger partial charge in [-0.05, 0) is 6.92 Å². The van der Waals surface area contributed by atoms with E-state index in [4.69, 9.17) is 4.84 Å². The van der Waals surface area contributed by atoms with Crippen LogP contribution in [-0.4, -0.2) is 22.2 Å². The van der Waals surface area contributed by atoms with Crippen LogP contribution in [0.15, 0.2) is 0 Å². The first kappa shape index (κ1) is 15.6. The topological polar surface area (TPSA) is 58.6 Å². The third-order valence-electron chi connectivity index (χ3n) is 3.66. The Kier molecular flexibility index (Phi) is 3.72. The number of carbonyl (C=O) groups excluding carboxylic acids is 1. The summed E-state index contributed by atoms with van der Waals surface area (Å²) in [6.45, 7) is 13.4. The van der Waals surface area contributed by atoms with Crippen LogP contribution in [0.3, 0.4) is 0 Å². The molecule has 1 heterocycles. The molecule has 0 spiro atoms. The van der Waals surface area contributed by atoms with Gasteiger partial charge in [-0.15, -0.1) is 0 Å². The first-order chi connectivity index (χ1) is 7.79. The second-order valence-electron chi connectivity index (χ2n) is 7.83. The van der Waals surface area contributed by atoms with Crippen LogP contribution in [0.2, 0.25) is 0 Å². The van der Waals surface area contributed by atoms with Crippen molar-refractivity contribution in [2.24, 2.45) is 10.8 Å². The van der Waals surface area contributed by atoms with Gasteiger partial charge in [0, 0.05) is 23.7 Å². The van der Waals surface area contributed by atoms with Crippen LogP contribution in [0.4, 0.5) is 0 Å². The Morgan fingerprint density at radius 3 is 2.11 bits per heavy atom. The first-order valence-corrected chi connectivity index (χ1v) is 6.50. The van der Waals surface area contributed by atoms with E-state index >= 15 is 0 Å². The van der Waals surface area contributed by atoms with Crippen LogP contribution >= 0.6 is 0 Å². The summed E-state index contributed by atoms with van der Waals surface area (Å²) in [6.07, 6.45) is 0.764. The molecule has 1 aliphatic rings. The summed E-state index contributed by atoms with van der Waals surface area (Å²) in [5, 5.41) is 10.5. The molecule has 0 amide bonds. The summed E-state index contributed by atoms with van der Waals surface area (Å²) in [5.74, 6) is -1.07. The van der Waals surface area contributed by atoms with Crippen LogP contribution in [0.1, 0.15) is 61.3 Å². The minimum Gasteiger partial charge on any atom is -0.364 e. The van der Waals surface area contributed by atoms with Crippen molar-refractivity contribution in [2.75, 3.05) is 0 Å². The highest BCUT2D eigenvalue weighted by Gasteiger charge is 2.53. The lowest BCUT2D eigenvalue weighted by molar-refractivity contribution is -0.257. The molecular formula is C14H27NO3. The van der Waals surface area contributed by atoms with Crippen molar-refractivity contribution in [3.05, 3.63) is 0 Å². The number of ketones is 1. The second kappa shape index (κ2) is 4.29. The van der Waals surface area contributed by atoms with E-state index in [1.807, 2.05) is 48.5 Å². The Morgan fingerprint density at radius 1 is 1.28 bits per heavy atom. The van der Waals surface area contributed by atoms with E-state index in [2.05, 4.69) is 5.48 Å². The van der Waals surface area contributed by atoms with E-state index in [0.717, 1.165) is 0 Å². The number of hydrogen-bond acceptors (Lipinski definition) is 4. The monoisotopic (exact) mass is 257 g/mol. The highest BCUT2D eigenvalue weighted by Crippen LogP contribution is 2.43. The average Bonchev–Trinajstić information content (AvgIpc) is 2.40. The van der Waals surface area contributed by atoms with Crippen LogP contribution in [0.5, 0.6) is 0 Å². The zero-order valence-corrected chi connectivity index (χ0v) is 12.7. The van der Waals surface area contributed by atoms with Crippen LogP contribution in [0, 0.1) is 10.8 Å². The number of rotatable bonds is 2. The summed E-state index contributed by atoms with van der Waals surface area (Å²) in [5.41, 5.74) is 1.59. The molecule has 1 saturated heterocycles. The number of aliphatic hydroxyl groups is 1. The van der Waals surface area contributed by atoms with E-state index in [9.17, 15) is 9.90 Å². The quantitative estimate of drug-likeness (QED) is 0.797. The summed E-state index contributed by atoms with van der Waals surface area (Å²) < 4.78 is 0. The number of hydrogen-bond donors (Lipinski definition) is 2. The molecule has 1 rings (SSSR count). The predicted octanol–water partition coefficient (Wildman–Crippen LogP) is 2.41. The van der Waals surface area contributed by atoms with Gasteiger partial charge in [0.05, 0.1) is 5.54 Å². The molecule has 0 unspecified atom stereocenters. The number of Topliss-reactive ketones (excluding diaryl/α,β-unsaturated/α-hetero) is 1. The van der Waals surface area contributed by atoms with Crippen molar-refractivity contribution in [1.82, 2.24) is 5.48 Å². The first-order valence-electron chi connectivity index (χ1n) is 6.50. The van der Waals surface area contributed by atoms with Gasteiger partial charge < -0.3 is 5.11 Å². The molecule has 0 aromatic heterocycles. The predicted molar refractivity (Wildman–Crippen MR) is 70.7 cm³/mol. The van der Waals surface area contributed by atoms with Crippen molar-refractivity contribution in [1.29, 1.82) is 0 Å². The average molecular weight is 257 g/mol. The Hall–Kier alpha value is -0.450. The molecule has 0 saturated carbocycles. The Morgan fingerprint density at radius 2 is 1.78 bits per heavy atom. The molecular weight excluding hydrogens is 230 g/mol. The van der Waals surface area contributed by atoms with Crippen molar-refractivity contribution in [3.8, 4) is 0 Å². The summed E-state index contributed by atoms with van der Waals surface area (Å²) in [4.78, 5) is 17.5. The van der Waals surface area contributed by atoms with Gasteiger partial charge in [-0.1, -0.05) is 41.5 Å². The standard InChI is InChI=1S/C14H27NO3/c1-11(2,3)10(16)8-13(7)9-14(17,18-15-13)12(4,5)6/h15,17H,8-9H2,1-7H3/t13-,14-/m1/s1. The SMILES string of the molecule is CC(C)(C)C(=O)C[C@]1(C)C[C@](O)(C(C)(C)C)ON1. The highest BCUT2D eigenvalue weighted by molar-refractivity contribution is 5.84. The molecule has 0 aromatic rings. The zero-order valence-electron chi connectivity index (χ0n) is 12.7. The second-order valence-corrected chi connectivity index (χ2v) is 7.83. The maximum atomic E-state index is 12.1. The van der Waals surface area contributed by atoms with Crippen LogP contribution in [0.25, 0.3) is 0 Å². The Balaban J connectivity index is 2.79. The fourth-order valence-corrected chi connectivity index (χ4v) is 1.95. The molecule has 0 bridgehead atoms. The lowest BCUT2D eigenvalue weighted by Gasteiger charge is -2.35. The normalized spacial score (nSPS) is 33.8. The van der Waals surface area contributed by atoms with Gasteiger partial charge in [-0.25, -0.2) is 0 Å². The van der Waals surface area contributed by atoms with Crippen molar-refractivity contribution >= 4 is 5.78 Å². The molecule has 1 aliphatic heterocycles. The van der Waals surface area contributed by atoms with Crippen molar-refractivity contribution in [3.63, 3.8) is 0 Å². The summed E-state index contributed by atoms with van der Waals surface area (Å²) >= 11 is 0. The number of carbonyl (C=O) groups is 1. The van der Waals surface area contributed by atoms with Crippen LogP contribution < -0.4 is 5.48 Å². The Bertz CT molecular complexity index is 340. The molecule has 1 fully saturated rings. The van der Waals surface area contributed by atoms with Gasteiger partial charge in [-0.3, -0.25) is 9.63 Å². The third-order valence-corrected chi connectivity index (χ3v) is 3.66. The van der Waals surface area contributed by atoms with Gasteiger partial charge in [0.2, 0.25) is 0 Å². The number of nitrogens with one attached hydrogen (secondary N) is 1. The van der Waals surface area contributed by atoms with E-state index in [-0.39, 0.29) is 11.2 Å². The fourth-order valence-electron chi connectivity index (χ4n) is 1.95. The smallest absolute Gasteiger partial charge is 0.191 e. The zero-order chi connectivity index (χ0) is 14.4. The minimum atomic E-state index is -1.24. The summed E-state index contributed by atoms with van der Waals surface area (Å²) in [6, 6.07) is 0. The van der Waals surface area contributed by atoms with E-state index in [1.165, 1.54) is 0 Å². The van der Waals surface area contributed by atoms with E-state index in [0.29, 0.717) is 12.8 Å². The molecule has 106 valence electrons. The van der Waals surface area contributed by atoms with Gasteiger partial charge in [0.1, 0.15) is 5.78 Å². The molecule has 4 heteroatoms.